The van der Waals surface area contributed by atoms with E-state index >= 15 is 0 Å². The summed E-state index contributed by atoms with van der Waals surface area (Å²) in [6.45, 7) is 5.05. The Morgan fingerprint density at radius 1 is 1.33 bits per heavy atom. The molecule has 0 aliphatic rings. The Hall–Kier alpha value is -0.540. The summed E-state index contributed by atoms with van der Waals surface area (Å²) in [5, 5.41) is 3.88. The maximum absolute atomic E-state index is 13.4. The molecule has 1 nitrogen and oxygen atoms in total. The van der Waals surface area contributed by atoms with Crippen molar-refractivity contribution >= 4 is 11.8 Å². The van der Waals surface area contributed by atoms with E-state index in [1.54, 1.807) is 6.07 Å². The molecule has 0 amide bonds. The Morgan fingerprint density at radius 2 is 2.00 bits per heavy atom. The van der Waals surface area contributed by atoms with Crippen LogP contribution >= 0.6 is 11.8 Å². The van der Waals surface area contributed by atoms with Crippen LogP contribution in [0.1, 0.15) is 25.5 Å². The van der Waals surface area contributed by atoms with Crippen molar-refractivity contribution < 1.29 is 4.39 Å². The molecule has 1 aromatic rings. The van der Waals surface area contributed by atoms with E-state index in [0.29, 0.717) is 5.25 Å². The highest BCUT2D eigenvalue weighted by molar-refractivity contribution is 7.99. The van der Waals surface area contributed by atoms with Gasteiger partial charge in [0.1, 0.15) is 5.82 Å². The lowest BCUT2D eigenvalue weighted by Crippen LogP contribution is -2.26. The maximum Gasteiger partial charge on any atom is 0.127 e. The lowest BCUT2D eigenvalue weighted by atomic mass is 10.1. The predicted octanol–water partition coefficient (Wildman–Crippen LogP) is 3.23. The third-order valence-corrected chi connectivity index (χ3v) is 3.46. The first kappa shape index (κ1) is 12.5. The quantitative estimate of drug-likeness (QED) is 0.829. The summed E-state index contributed by atoms with van der Waals surface area (Å²) in [4.78, 5) is 0. The Kier molecular flexibility index (Phi) is 5.12. The summed E-state index contributed by atoms with van der Waals surface area (Å²) in [6, 6.07) is 6.99. The molecule has 84 valence electrons. The zero-order valence-electron chi connectivity index (χ0n) is 9.46. The van der Waals surface area contributed by atoms with Gasteiger partial charge in [0.05, 0.1) is 0 Å². The van der Waals surface area contributed by atoms with E-state index in [0.717, 1.165) is 12.1 Å². The van der Waals surface area contributed by atoms with Crippen LogP contribution in [0.4, 0.5) is 4.39 Å². The van der Waals surface area contributed by atoms with Gasteiger partial charge in [-0.3, -0.25) is 0 Å². The van der Waals surface area contributed by atoms with E-state index in [9.17, 15) is 4.39 Å². The predicted molar refractivity (Wildman–Crippen MR) is 65.8 cm³/mol. The molecule has 0 fully saturated rings. The van der Waals surface area contributed by atoms with Crippen molar-refractivity contribution in [1.29, 1.82) is 0 Å². The van der Waals surface area contributed by atoms with Gasteiger partial charge in [-0.2, -0.15) is 11.8 Å². The van der Waals surface area contributed by atoms with Crippen molar-refractivity contribution in [3.8, 4) is 0 Å². The van der Waals surface area contributed by atoms with E-state index in [1.165, 1.54) is 6.07 Å². The molecule has 1 N–H and O–H groups in total. The molecule has 2 atom stereocenters. The standard InChI is InChI=1S/C12H18FNS/c1-9(15-3)8-14-10(2)11-6-4-5-7-12(11)13/h4-7,9-10,14H,8H2,1-3H3. The SMILES string of the molecule is CSC(C)CNC(C)c1ccccc1F. The van der Waals surface area contributed by atoms with E-state index in [-0.39, 0.29) is 11.9 Å². The number of halogens is 1. The van der Waals surface area contributed by atoms with Gasteiger partial charge >= 0.3 is 0 Å². The van der Waals surface area contributed by atoms with Gasteiger partial charge in [0, 0.05) is 23.4 Å². The van der Waals surface area contributed by atoms with Gasteiger partial charge in [-0.05, 0) is 19.2 Å². The van der Waals surface area contributed by atoms with Crippen LogP contribution in [0, 0.1) is 5.82 Å². The van der Waals surface area contributed by atoms with Crippen LogP contribution in [0.15, 0.2) is 24.3 Å². The number of hydrogen-bond donors (Lipinski definition) is 1. The second kappa shape index (κ2) is 6.13. The Balaban J connectivity index is 2.54. The molecule has 1 aromatic carbocycles. The largest absolute Gasteiger partial charge is 0.309 e. The smallest absolute Gasteiger partial charge is 0.127 e. The molecular weight excluding hydrogens is 209 g/mol. The second-order valence-electron chi connectivity index (χ2n) is 3.70. The molecule has 0 radical (unpaired) electrons. The first-order valence-corrected chi connectivity index (χ1v) is 6.44. The molecule has 0 bridgehead atoms. The van der Waals surface area contributed by atoms with Crippen molar-refractivity contribution in [2.24, 2.45) is 0 Å². The van der Waals surface area contributed by atoms with Crippen molar-refractivity contribution in [3.63, 3.8) is 0 Å². The number of thioether (sulfide) groups is 1. The van der Waals surface area contributed by atoms with E-state index < -0.39 is 0 Å². The minimum Gasteiger partial charge on any atom is -0.309 e. The van der Waals surface area contributed by atoms with Gasteiger partial charge in [0.25, 0.3) is 0 Å². The van der Waals surface area contributed by atoms with Gasteiger partial charge < -0.3 is 5.32 Å². The van der Waals surface area contributed by atoms with Crippen LogP contribution in [0.2, 0.25) is 0 Å². The summed E-state index contributed by atoms with van der Waals surface area (Å²) >= 11 is 1.81. The summed E-state index contributed by atoms with van der Waals surface area (Å²) in [5.41, 5.74) is 0.741. The number of nitrogens with one attached hydrogen (secondary N) is 1. The van der Waals surface area contributed by atoms with Gasteiger partial charge in [-0.1, -0.05) is 25.1 Å². The first-order valence-electron chi connectivity index (χ1n) is 5.15. The van der Waals surface area contributed by atoms with Crippen LogP contribution in [-0.4, -0.2) is 18.1 Å². The summed E-state index contributed by atoms with van der Waals surface area (Å²) in [6.07, 6.45) is 2.08. The highest BCUT2D eigenvalue weighted by atomic mass is 32.2. The molecule has 3 heteroatoms. The molecule has 0 saturated carbocycles. The molecule has 1 rings (SSSR count). The van der Waals surface area contributed by atoms with Crippen molar-refractivity contribution in [2.75, 3.05) is 12.8 Å². The lowest BCUT2D eigenvalue weighted by molar-refractivity contribution is 0.530. The molecule has 0 spiro atoms. The molecule has 15 heavy (non-hydrogen) atoms. The zero-order chi connectivity index (χ0) is 11.3. The fourth-order valence-electron chi connectivity index (χ4n) is 1.36. The van der Waals surface area contributed by atoms with Crippen LogP contribution < -0.4 is 5.32 Å². The van der Waals surface area contributed by atoms with Crippen molar-refractivity contribution in [1.82, 2.24) is 5.32 Å². The van der Waals surface area contributed by atoms with Crippen LogP contribution in [0.3, 0.4) is 0 Å². The number of benzene rings is 1. The maximum atomic E-state index is 13.4. The molecule has 0 saturated heterocycles. The molecule has 0 heterocycles. The van der Waals surface area contributed by atoms with E-state index in [1.807, 2.05) is 30.8 Å². The van der Waals surface area contributed by atoms with E-state index in [4.69, 9.17) is 0 Å². The summed E-state index contributed by atoms with van der Waals surface area (Å²) in [5.74, 6) is -0.130. The first-order chi connectivity index (χ1) is 7.15. The normalized spacial score (nSPS) is 14.9. The summed E-state index contributed by atoms with van der Waals surface area (Å²) < 4.78 is 13.4. The van der Waals surface area contributed by atoms with E-state index in [2.05, 4.69) is 18.5 Å². The third-order valence-electron chi connectivity index (χ3n) is 2.49. The van der Waals surface area contributed by atoms with Crippen LogP contribution in [0.25, 0.3) is 0 Å². The Morgan fingerprint density at radius 3 is 2.60 bits per heavy atom. The third kappa shape index (κ3) is 3.84. The zero-order valence-corrected chi connectivity index (χ0v) is 10.3. The second-order valence-corrected chi connectivity index (χ2v) is 4.97. The number of hydrogen-bond acceptors (Lipinski definition) is 2. The van der Waals surface area contributed by atoms with Crippen LogP contribution in [0.5, 0.6) is 0 Å². The molecule has 0 aromatic heterocycles. The Bertz CT molecular complexity index is 303. The number of rotatable bonds is 5. The van der Waals surface area contributed by atoms with Gasteiger partial charge in [0.15, 0.2) is 0 Å². The topological polar surface area (TPSA) is 12.0 Å². The Labute approximate surface area is 95.5 Å². The van der Waals surface area contributed by atoms with Gasteiger partial charge in [-0.25, -0.2) is 4.39 Å². The minimum absolute atomic E-state index is 0.0702. The average molecular weight is 227 g/mol. The average Bonchev–Trinajstić information content (AvgIpc) is 2.26. The molecular formula is C12H18FNS. The fourth-order valence-corrected chi connectivity index (χ4v) is 1.63. The lowest BCUT2D eigenvalue weighted by Gasteiger charge is -2.17. The highest BCUT2D eigenvalue weighted by Gasteiger charge is 2.10. The highest BCUT2D eigenvalue weighted by Crippen LogP contribution is 2.16. The van der Waals surface area contributed by atoms with Crippen LogP contribution in [-0.2, 0) is 0 Å². The molecule has 0 aliphatic carbocycles. The minimum atomic E-state index is -0.130. The molecule has 2 unspecified atom stereocenters. The monoisotopic (exact) mass is 227 g/mol. The molecule has 0 aliphatic heterocycles. The van der Waals surface area contributed by atoms with Crippen molar-refractivity contribution in [2.45, 2.75) is 25.1 Å². The fraction of sp³-hybridized carbons (Fsp3) is 0.500. The summed E-state index contributed by atoms with van der Waals surface area (Å²) in [7, 11) is 0. The van der Waals surface area contributed by atoms with Gasteiger partial charge in [0.2, 0.25) is 0 Å². The van der Waals surface area contributed by atoms with Gasteiger partial charge in [-0.15, -0.1) is 0 Å². The van der Waals surface area contributed by atoms with Crippen molar-refractivity contribution in [3.05, 3.63) is 35.6 Å².